The maximum atomic E-state index is 12.4. The minimum atomic E-state index is -0.629. The van der Waals surface area contributed by atoms with Crippen LogP contribution in [0.5, 0.6) is 0 Å². The molecule has 0 aliphatic heterocycles. The van der Waals surface area contributed by atoms with Crippen LogP contribution in [0.15, 0.2) is 27.7 Å². The molecule has 0 spiro atoms. The Balaban J connectivity index is 2.67. The third kappa shape index (κ3) is 3.30. The molecule has 0 fully saturated rings. The van der Waals surface area contributed by atoms with E-state index < -0.39 is 5.97 Å². The first-order chi connectivity index (χ1) is 10.1. The molecule has 0 saturated heterocycles. The summed E-state index contributed by atoms with van der Waals surface area (Å²) >= 11 is 3.28. The lowest BCUT2D eigenvalue weighted by Gasteiger charge is -2.12. The van der Waals surface area contributed by atoms with Gasteiger partial charge in [-0.1, -0.05) is 0 Å². The van der Waals surface area contributed by atoms with Gasteiger partial charge in [0, 0.05) is 30.5 Å². The second-order valence-electron chi connectivity index (χ2n) is 4.30. The van der Waals surface area contributed by atoms with Crippen LogP contribution in [0.4, 0.5) is 0 Å². The van der Waals surface area contributed by atoms with Crippen molar-refractivity contribution in [3.8, 4) is 0 Å². The van der Waals surface area contributed by atoms with Gasteiger partial charge in [-0.15, -0.1) is 0 Å². The third-order valence-electron chi connectivity index (χ3n) is 2.91. The van der Waals surface area contributed by atoms with Crippen molar-refractivity contribution >= 4 is 32.9 Å². The van der Waals surface area contributed by atoms with Gasteiger partial charge in [0.2, 0.25) is 5.43 Å². The number of rotatable bonds is 5. The predicted molar refractivity (Wildman–Crippen MR) is 81.5 cm³/mol. The average molecular weight is 355 g/mol. The number of pyridine rings is 2. The largest absolute Gasteiger partial charge is 0.462 e. The second kappa shape index (κ2) is 6.82. The quantitative estimate of drug-likeness (QED) is 0.767. The Morgan fingerprint density at radius 3 is 2.90 bits per heavy atom. The first kappa shape index (κ1) is 15.7. The molecule has 112 valence electrons. The van der Waals surface area contributed by atoms with E-state index in [1.165, 1.54) is 6.20 Å². The highest BCUT2D eigenvalue weighted by Gasteiger charge is 2.17. The highest BCUT2D eigenvalue weighted by molar-refractivity contribution is 9.10. The van der Waals surface area contributed by atoms with Gasteiger partial charge >= 0.3 is 5.97 Å². The monoisotopic (exact) mass is 354 g/mol. The fraction of sp³-hybridized carbons (Fsp3) is 0.357. The summed E-state index contributed by atoms with van der Waals surface area (Å²) in [7, 11) is 1.58. The number of halogens is 1. The first-order valence-corrected chi connectivity index (χ1v) is 7.22. The molecule has 0 radical (unpaired) electrons. The van der Waals surface area contributed by atoms with Crippen molar-refractivity contribution in [3.63, 3.8) is 0 Å². The number of esters is 1. The molecule has 2 aromatic rings. The molecule has 0 saturated carbocycles. The van der Waals surface area contributed by atoms with Gasteiger partial charge < -0.3 is 14.0 Å². The van der Waals surface area contributed by atoms with Crippen LogP contribution in [-0.4, -0.2) is 35.8 Å². The summed E-state index contributed by atoms with van der Waals surface area (Å²) in [6, 6.07) is 1.65. The van der Waals surface area contributed by atoms with E-state index in [4.69, 9.17) is 9.47 Å². The van der Waals surface area contributed by atoms with E-state index in [0.29, 0.717) is 28.7 Å². The summed E-state index contributed by atoms with van der Waals surface area (Å²) in [6.45, 7) is 2.83. The number of carbonyl (C=O) groups excluding carboxylic acids is 1. The molecule has 0 aromatic carbocycles. The standard InChI is InChI=1S/C14H15BrN2O4/c1-3-21-14(19)11-8-17(4-5-20-2)13-10(12(11)18)6-9(15)7-16-13/h6-8H,3-5H2,1-2H3. The maximum absolute atomic E-state index is 12.4. The molecule has 6 nitrogen and oxygen atoms in total. The molecule has 21 heavy (non-hydrogen) atoms. The van der Waals surface area contributed by atoms with Gasteiger partial charge in [0.15, 0.2) is 0 Å². The van der Waals surface area contributed by atoms with E-state index in [1.54, 1.807) is 30.9 Å². The van der Waals surface area contributed by atoms with E-state index in [1.807, 2.05) is 0 Å². The summed E-state index contributed by atoms with van der Waals surface area (Å²) in [5.74, 6) is -0.629. The molecule has 2 heterocycles. The molecule has 0 bridgehead atoms. The molecule has 0 unspecified atom stereocenters. The number of hydrogen-bond acceptors (Lipinski definition) is 5. The number of carbonyl (C=O) groups is 1. The Labute approximate surface area is 129 Å². The molecule has 0 aliphatic rings. The van der Waals surface area contributed by atoms with Crippen LogP contribution in [0.25, 0.3) is 11.0 Å². The zero-order valence-electron chi connectivity index (χ0n) is 11.8. The van der Waals surface area contributed by atoms with Crippen molar-refractivity contribution in [1.82, 2.24) is 9.55 Å². The number of fused-ring (bicyclic) bond motifs is 1. The van der Waals surface area contributed by atoms with Crippen molar-refractivity contribution in [2.75, 3.05) is 20.3 Å². The minimum Gasteiger partial charge on any atom is -0.462 e. The van der Waals surface area contributed by atoms with Gasteiger partial charge in [-0.2, -0.15) is 0 Å². The van der Waals surface area contributed by atoms with E-state index in [9.17, 15) is 9.59 Å². The van der Waals surface area contributed by atoms with Crippen LogP contribution in [0.1, 0.15) is 17.3 Å². The molecule has 0 atom stereocenters. The lowest BCUT2D eigenvalue weighted by atomic mass is 10.2. The summed E-state index contributed by atoms with van der Waals surface area (Å²) in [5.41, 5.74) is 0.125. The van der Waals surface area contributed by atoms with Crippen molar-refractivity contribution in [1.29, 1.82) is 0 Å². The molecule has 0 amide bonds. The topological polar surface area (TPSA) is 70.4 Å². The maximum Gasteiger partial charge on any atom is 0.343 e. The van der Waals surface area contributed by atoms with Crippen molar-refractivity contribution in [2.24, 2.45) is 0 Å². The van der Waals surface area contributed by atoms with Crippen molar-refractivity contribution in [3.05, 3.63) is 38.7 Å². The third-order valence-corrected chi connectivity index (χ3v) is 3.34. The molecule has 2 aromatic heterocycles. The average Bonchev–Trinajstić information content (AvgIpc) is 2.47. The number of methoxy groups -OCH3 is 1. The lowest BCUT2D eigenvalue weighted by molar-refractivity contribution is 0.0524. The number of ether oxygens (including phenoxy) is 2. The van der Waals surface area contributed by atoms with E-state index >= 15 is 0 Å². The van der Waals surface area contributed by atoms with Gasteiger partial charge in [0.1, 0.15) is 11.2 Å². The van der Waals surface area contributed by atoms with Crippen LogP contribution in [0.2, 0.25) is 0 Å². The number of hydrogen-bond donors (Lipinski definition) is 0. The van der Waals surface area contributed by atoms with Crippen LogP contribution in [-0.2, 0) is 16.0 Å². The highest BCUT2D eigenvalue weighted by Crippen LogP contribution is 2.16. The zero-order chi connectivity index (χ0) is 15.4. The zero-order valence-corrected chi connectivity index (χ0v) is 13.3. The summed E-state index contributed by atoms with van der Waals surface area (Å²) in [5, 5.41) is 0.367. The van der Waals surface area contributed by atoms with Gasteiger partial charge in [-0.25, -0.2) is 9.78 Å². The van der Waals surface area contributed by atoms with Crippen LogP contribution in [0, 0.1) is 0 Å². The van der Waals surface area contributed by atoms with Crippen molar-refractivity contribution in [2.45, 2.75) is 13.5 Å². The number of nitrogens with zero attached hydrogens (tertiary/aromatic N) is 2. The Hall–Kier alpha value is -1.73. The van der Waals surface area contributed by atoms with Gasteiger partial charge in [0.05, 0.1) is 18.6 Å². The number of aromatic nitrogens is 2. The lowest BCUT2D eigenvalue weighted by Crippen LogP contribution is -2.22. The Morgan fingerprint density at radius 1 is 1.48 bits per heavy atom. The molecule has 0 N–H and O–H groups in total. The molecular weight excluding hydrogens is 340 g/mol. The Kier molecular flexibility index (Phi) is 5.08. The second-order valence-corrected chi connectivity index (χ2v) is 5.22. The minimum absolute atomic E-state index is 0.000327. The van der Waals surface area contributed by atoms with E-state index in [0.717, 1.165) is 0 Å². The smallest absolute Gasteiger partial charge is 0.343 e. The Morgan fingerprint density at radius 2 is 2.24 bits per heavy atom. The van der Waals surface area contributed by atoms with E-state index in [2.05, 4.69) is 20.9 Å². The van der Waals surface area contributed by atoms with Crippen LogP contribution >= 0.6 is 15.9 Å². The Bertz CT molecular complexity index is 727. The van der Waals surface area contributed by atoms with E-state index in [-0.39, 0.29) is 17.6 Å². The van der Waals surface area contributed by atoms with Crippen LogP contribution in [0.3, 0.4) is 0 Å². The van der Waals surface area contributed by atoms with Crippen LogP contribution < -0.4 is 5.43 Å². The first-order valence-electron chi connectivity index (χ1n) is 6.43. The highest BCUT2D eigenvalue weighted by atomic mass is 79.9. The molecule has 2 rings (SSSR count). The van der Waals surface area contributed by atoms with Gasteiger partial charge in [0.25, 0.3) is 0 Å². The summed E-state index contributed by atoms with van der Waals surface area (Å²) in [4.78, 5) is 28.6. The molecule has 0 aliphatic carbocycles. The fourth-order valence-corrected chi connectivity index (χ4v) is 2.29. The fourth-order valence-electron chi connectivity index (χ4n) is 1.96. The van der Waals surface area contributed by atoms with Gasteiger partial charge in [-0.05, 0) is 28.9 Å². The van der Waals surface area contributed by atoms with Gasteiger partial charge in [-0.3, -0.25) is 4.79 Å². The van der Waals surface area contributed by atoms with Crippen molar-refractivity contribution < 1.29 is 14.3 Å². The summed E-state index contributed by atoms with van der Waals surface area (Å²) < 4.78 is 12.4. The summed E-state index contributed by atoms with van der Waals surface area (Å²) in [6.07, 6.45) is 3.08. The molecular formula is C14H15BrN2O4. The predicted octanol–water partition coefficient (Wildman–Crippen LogP) is 1.98. The molecule has 7 heteroatoms. The SMILES string of the molecule is CCOC(=O)c1cn(CCOC)c2ncc(Br)cc2c1=O. The normalized spacial score (nSPS) is 10.8.